The van der Waals surface area contributed by atoms with Crippen molar-refractivity contribution in [2.75, 3.05) is 20.3 Å². The van der Waals surface area contributed by atoms with Gasteiger partial charge in [-0.05, 0) is 60.5 Å². The summed E-state index contributed by atoms with van der Waals surface area (Å²) in [6.07, 6.45) is 3.53. The van der Waals surface area contributed by atoms with E-state index in [1.165, 1.54) is 7.11 Å². The van der Waals surface area contributed by atoms with Gasteiger partial charge in [-0.15, -0.1) is 0 Å². The molecule has 2 amide bonds. The summed E-state index contributed by atoms with van der Waals surface area (Å²) in [5, 5.41) is 14.6. The number of carbonyl (C=O) groups is 2. The number of imide groups is 1. The zero-order chi connectivity index (χ0) is 28.8. The minimum Gasteiger partial charge on any atom is -0.489 e. The third-order valence-electron chi connectivity index (χ3n) is 6.78. The summed E-state index contributed by atoms with van der Waals surface area (Å²) in [5.74, 6) is -0.380. The number of nitriles is 1. The predicted molar refractivity (Wildman–Crippen MR) is 155 cm³/mol. The molecule has 8 heteroatoms. The van der Waals surface area contributed by atoms with Crippen LogP contribution in [0.2, 0.25) is 0 Å². The van der Waals surface area contributed by atoms with Crippen molar-refractivity contribution < 1.29 is 19.1 Å². The third kappa shape index (κ3) is 5.86. The van der Waals surface area contributed by atoms with Crippen molar-refractivity contribution in [2.45, 2.75) is 13.5 Å². The Morgan fingerprint density at radius 3 is 2.27 bits per heavy atom. The van der Waals surface area contributed by atoms with Gasteiger partial charge < -0.3 is 9.47 Å². The minimum absolute atomic E-state index is 0.0462. The third-order valence-corrected chi connectivity index (χ3v) is 6.78. The first-order valence-electron chi connectivity index (χ1n) is 13.1. The molecule has 8 nitrogen and oxygen atoms in total. The average molecular weight is 545 g/mol. The van der Waals surface area contributed by atoms with Gasteiger partial charge in [0.2, 0.25) is 0 Å². The maximum absolute atomic E-state index is 13.5. The molecule has 0 atom stereocenters. The SMILES string of the molecule is COCCN1C(=O)C(C#N)=C(C)/C(=C\c2cn(-c3ccccc3)nc2-c2ccc(OCc3ccccc3)cc2)C1=O. The second-order valence-corrected chi connectivity index (χ2v) is 9.44. The first kappa shape index (κ1) is 27.3. The number of nitrogens with zero attached hydrogens (tertiary/aromatic N) is 4. The van der Waals surface area contributed by atoms with E-state index in [0.717, 1.165) is 21.7 Å². The Hall–Kier alpha value is -5.26. The van der Waals surface area contributed by atoms with Crippen LogP contribution in [0.1, 0.15) is 18.1 Å². The zero-order valence-electron chi connectivity index (χ0n) is 22.8. The van der Waals surface area contributed by atoms with Crippen LogP contribution < -0.4 is 4.74 Å². The van der Waals surface area contributed by atoms with Gasteiger partial charge in [-0.25, -0.2) is 4.68 Å². The summed E-state index contributed by atoms with van der Waals surface area (Å²) in [7, 11) is 1.49. The quantitative estimate of drug-likeness (QED) is 0.208. The standard InChI is InChI=1S/C33H28N4O4/c1-23-29(32(38)36(17-18-40-2)33(39)30(23)20-34)19-26-21-37(27-11-7-4-8-12-27)35-31(26)25-13-15-28(16-14-25)41-22-24-9-5-3-6-10-24/h3-16,19,21H,17-18,22H2,1-2H3/b29-19+. The van der Waals surface area contributed by atoms with Gasteiger partial charge in [-0.3, -0.25) is 14.5 Å². The van der Waals surface area contributed by atoms with Crippen LogP contribution in [0, 0.1) is 11.3 Å². The number of carbonyl (C=O) groups excluding carboxylic acids is 2. The van der Waals surface area contributed by atoms with Crippen LogP contribution in [0.25, 0.3) is 23.0 Å². The summed E-state index contributed by atoms with van der Waals surface area (Å²) in [6, 6.07) is 29.1. The van der Waals surface area contributed by atoms with Crippen molar-refractivity contribution in [1.29, 1.82) is 5.26 Å². The van der Waals surface area contributed by atoms with Crippen LogP contribution in [-0.4, -0.2) is 46.8 Å². The lowest BCUT2D eigenvalue weighted by Gasteiger charge is -2.27. The monoisotopic (exact) mass is 544 g/mol. The van der Waals surface area contributed by atoms with Crippen molar-refractivity contribution in [2.24, 2.45) is 0 Å². The van der Waals surface area contributed by atoms with Crippen molar-refractivity contribution in [3.63, 3.8) is 0 Å². The van der Waals surface area contributed by atoms with Crippen LogP contribution in [0.5, 0.6) is 5.75 Å². The van der Waals surface area contributed by atoms with Crippen LogP contribution in [0.15, 0.2) is 108 Å². The van der Waals surface area contributed by atoms with Gasteiger partial charge in [0.15, 0.2) is 0 Å². The smallest absolute Gasteiger partial charge is 0.271 e. The number of methoxy groups -OCH3 is 1. The second kappa shape index (κ2) is 12.3. The molecule has 0 saturated carbocycles. The van der Waals surface area contributed by atoms with Gasteiger partial charge in [0, 0.05) is 30.0 Å². The number of hydrogen-bond donors (Lipinski definition) is 0. The first-order chi connectivity index (χ1) is 20.0. The van der Waals surface area contributed by atoms with Crippen molar-refractivity contribution in [1.82, 2.24) is 14.7 Å². The molecule has 4 aromatic rings. The molecule has 0 N–H and O–H groups in total. The minimum atomic E-state index is -0.615. The molecule has 5 rings (SSSR count). The molecule has 41 heavy (non-hydrogen) atoms. The van der Waals surface area contributed by atoms with E-state index >= 15 is 0 Å². The van der Waals surface area contributed by atoms with Gasteiger partial charge in [0.25, 0.3) is 11.8 Å². The number of para-hydroxylation sites is 1. The summed E-state index contributed by atoms with van der Waals surface area (Å²) in [6.45, 7) is 2.28. The average Bonchev–Trinajstić information content (AvgIpc) is 3.43. The van der Waals surface area contributed by atoms with E-state index in [-0.39, 0.29) is 24.3 Å². The Bertz CT molecular complexity index is 1660. The molecule has 3 aromatic carbocycles. The maximum Gasteiger partial charge on any atom is 0.271 e. The van der Waals surface area contributed by atoms with Gasteiger partial charge in [-0.2, -0.15) is 10.4 Å². The molecule has 0 saturated heterocycles. The van der Waals surface area contributed by atoms with E-state index in [0.29, 0.717) is 29.2 Å². The molecular formula is C33H28N4O4. The van der Waals surface area contributed by atoms with Crippen molar-refractivity contribution >= 4 is 17.9 Å². The molecule has 0 spiro atoms. The van der Waals surface area contributed by atoms with Gasteiger partial charge in [0.05, 0.1) is 24.5 Å². The Balaban J connectivity index is 1.54. The second-order valence-electron chi connectivity index (χ2n) is 9.44. The van der Waals surface area contributed by atoms with E-state index < -0.39 is 11.8 Å². The summed E-state index contributed by atoms with van der Waals surface area (Å²) in [5.41, 5.74) is 4.55. The Kier molecular flexibility index (Phi) is 8.18. The Labute approximate surface area is 238 Å². The highest BCUT2D eigenvalue weighted by Gasteiger charge is 2.35. The Morgan fingerprint density at radius 2 is 1.61 bits per heavy atom. The van der Waals surface area contributed by atoms with Gasteiger partial charge in [-0.1, -0.05) is 48.5 Å². The van der Waals surface area contributed by atoms with Gasteiger partial charge >= 0.3 is 0 Å². The van der Waals surface area contributed by atoms with E-state index in [9.17, 15) is 14.9 Å². The molecule has 0 fully saturated rings. The van der Waals surface area contributed by atoms with E-state index in [1.54, 1.807) is 17.7 Å². The molecule has 204 valence electrons. The van der Waals surface area contributed by atoms with Crippen molar-refractivity contribution in [3.8, 4) is 28.8 Å². The summed E-state index contributed by atoms with van der Waals surface area (Å²) in [4.78, 5) is 27.4. The van der Waals surface area contributed by atoms with E-state index in [1.807, 2.05) is 97.2 Å². The molecule has 0 radical (unpaired) electrons. The largest absolute Gasteiger partial charge is 0.489 e. The topological polar surface area (TPSA) is 97.5 Å². The fraction of sp³-hybridized carbons (Fsp3) is 0.152. The molecule has 0 aliphatic carbocycles. The van der Waals surface area contributed by atoms with E-state index in [2.05, 4.69) is 0 Å². The van der Waals surface area contributed by atoms with Gasteiger partial charge in [0.1, 0.15) is 24.0 Å². The summed E-state index contributed by atoms with van der Waals surface area (Å²) < 4.78 is 12.8. The van der Waals surface area contributed by atoms with Crippen LogP contribution in [0.3, 0.4) is 0 Å². The molecule has 2 heterocycles. The number of benzene rings is 3. The number of hydrogen-bond acceptors (Lipinski definition) is 6. The number of aromatic nitrogens is 2. The number of rotatable bonds is 9. The lowest BCUT2D eigenvalue weighted by molar-refractivity contribution is -0.141. The molecule has 0 bridgehead atoms. The number of amides is 2. The summed E-state index contributed by atoms with van der Waals surface area (Å²) >= 11 is 0. The highest BCUT2D eigenvalue weighted by Crippen LogP contribution is 2.32. The maximum atomic E-state index is 13.5. The fourth-order valence-electron chi connectivity index (χ4n) is 4.55. The van der Waals surface area contributed by atoms with Crippen LogP contribution >= 0.6 is 0 Å². The highest BCUT2D eigenvalue weighted by molar-refractivity contribution is 6.19. The number of ether oxygens (including phenoxy) is 2. The highest BCUT2D eigenvalue weighted by atomic mass is 16.5. The first-order valence-corrected chi connectivity index (χ1v) is 13.1. The van der Waals surface area contributed by atoms with Crippen LogP contribution in [0.4, 0.5) is 0 Å². The van der Waals surface area contributed by atoms with Crippen LogP contribution in [-0.2, 0) is 20.9 Å². The normalized spacial score (nSPS) is 14.5. The molecule has 1 aliphatic rings. The molecule has 1 aliphatic heterocycles. The molecule has 0 unspecified atom stereocenters. The van der Waals surface area contributed by atoms with Crippen molar-refractivity contribution in [3.05, 3.63) is 119 Å². The molecular weight excluding hydrogens is 516 g/mol. The predicted octanol–water partition coefficient (Wildman–Crippen LogP) is 5.36. The Morgan fingerprint density at radius 1 is 0.927 bits per heavy atom. The molecule has 1 aromatic heterocycles. The zero-order valence-corrected chi connectivity index (χ0v) is 22.8. The lowest BCUT2D eigenvalue weighted by Crippen LogP contribution is -2.44. The fourth-order valence-corrected chi connectivity index (χ4v) is 4.55. The van der Waals surface area contributed by atoms with E-state index in [4.69, 9.17) is 14.6 Å². The lowest BCUT2D eigenvalue weighted by atomic mass is 9.93.